The number of nitriles is 1. The van der Waals surface area contributed by atoms with Crippen molar-refractivity contribution >= 4 is 17.2 Å². The van der Waals surface area contributed by atoms with Crippen LogP contribution in [0.1, 0.15) is 11.1 Å². The Morgan fingerprint density at radius 3 is 2.88 bits per heavy atom. The molecule has 0 saturated heterocycles. The van der Waals surface area contributed by atoms with Crippen LogP contribution in [0.5, 0.6) is 0 Å². The summed E-state index contributed by atoms with van der Waals surface area (Å²) in [7, 11) is 0. The summed E-state index contributed by atoms with van der Waals surface area (Å²) in [5.74, 6) is 0.602. The van der Waals surface area contributed by atoms with Crippen LogP contribution in [-0.2, 0) is 0 Å². The number of nitrogens with two attached hydrogens (primary N) is 1. The summed E-state index contributed by atoms with van der Waals surface area (Å²) in [6, 6.07) is 11.1. The van der Waals surface area contributed by atoms with Crippen molar-refractivity contribution in [2.24, 2.45) is 0 Å². The molecule has 1 heterocycles. The Bertz CT molecular complexity index is 584. The highest BCUT2D eigenvalue weighted by atomic mass is 15.0. The van der Waals surface area contributed by atoms with E-state index in [2.05, 4.69) is 16.4 Å². The molecule has 0 spiro atoms. The molecule has 0 radical (unpaired) electrons. The summed E-state index contributed by atoms with van der Waals surface area (Å²) >= 11 is 0. The fraction of sp³-hybridized carbons (Fsp3) is 0.0769. The van der Waals surface area contributed by atoms with E-state index in [-0.39, 0.29) is 0 Å². The second kappa shape index (κ2) is 4.54. The number of nitrogens with one attached hydrogen (secondary N) is 1. The van der Waals surface area contributed by atoms with Crippen molar-refractivity contribution in [3.05, 3.63) is 47.7 Å². The number of pyridine rings is 1. The van der Waals surface area contributed by atoms with Gasteiger partial charge in [0.1, 0.15) is 0 Å². The lowest BCUT2D eigenvalue weighted by Gasteiger charge is -2.10. The van der Waals surface area contributed by atoms with Crippen molar-refractivity contribution in [2.75, 3.05) is 11.1 Å². The van der Waals surface area contributed by atoms with Crippen LogP contribution in [0.2, 0.25) is 0 Å². The van der Waals surface area contributed by atoms with Gasteiger partial charge in [-0.25, -0.2) is 4.98 Å². The van der Waals surface area contributed by atoms with Crippen LogP contribution in [-0.4, -0.2) is 4.98 Å². The summed E-state index contributed by atoms with van der Waals surface area (Å²) < 4.78 is 0. The quantitative estimate of drug-likeness (QED) is 0.822. The summed E-state index contributed by atoms with van der Waals surface area (Å²) in [6.07, 6.45) is 1.67. The van der Waals surface area contributed by atoms with Crippen LogP contribution in [0.3, 0.4) is 0 Å². The lowest BCUT2D eigenvalue weighted by atomic mass is 10.1. The standard InChI is InChI=1S/C13H12N4/c1-9-4-5-10(8-14)7-12(9)17-13-11(15)3-2-6-16-13/h2-7H,15H2,1H3,(H,16,17). The number of nitrogens with zero attached hydrogens (tertiary/aromatic N) is 2. The van der Waals surface area contributed by atoms with Crippen molar-refractivity contribution < 1.29 is 0 Å². The second-order valence-electron chi connectivity index (χ2n) is 3.71. The maximum absolute atomic E-state index is 8.86. The first-order valence-electron chi connectivity index (χ1n) is 5.19. The normalized spacial score (nSPS) is 9.65. The summed E-state index contributed by atoms with van der Waals surface area (Å²) in [4.78, 5) is 4.15. The van der Waals surface area contributed by atoms with Gasteiger partial charge in [-0.1, -0.05) is 6.07 Å². The first-order chi connectivity index (χ1) is 8.20. The fourth-order valence-electron chi connectivity index (χ4n) is 1.48. The minimum atomic E-state index is 0.578. The predicted molar refractivity (Wildman–Crippen MR) is 67.8 cm³/mol. The average Bonchev–Trinajstić information content (AvgIpc) is 2.35. The molecule has 0 amide bonds. The molecule has 17 heavy (non-hydrogen) atoms. The molecular formula is C13H12N4. The zero-order valence-corrected chi connectivity index (χ0v) is 9.44. The largest absolute Gasteiger partial charge is 0.396 e. The van der Waals surface area contributed by atoms with Gasteiger partial charge in [0, 0.05) is 11.9 Å². The van der Waals surface area contributed by atoms with Gasteiger partial charge in [0.2, 0.25) is 0 Å². The minimum absolute atomic E-state index is 0.578. The highest BCUT2D eigenvalue weighted by Gasteiger charge is 2.03. The molecule has 4 heteroatoms. The molecule has 0 atom stereocenters. The number of aromatic nitrogens is 1. The molecule has 1 aromatic heterocycles. The van der Waals surface area contributed by atoms with Gasteiger partial charge >= 0.3 is 0 Å². The Hall–Kier alpha value is -2.54. The molecule has 84 valence electrons. The van der Waals surface area contributed by atoms with Gasteiger partial charge in [-0.15, -0.1) is 0 Å². The smallest absolute Gasteiger partial charge is 0.153 e. The monoisotopic (exact) mass is 224 g/mol. The molecule has 0 aliphatic heterocycles. The number of anilines is 3. The molecule has 4 nitrogen and oxygen atoms in total. The number of benzene rings is 1. The Balaban J connectivity index is 2.37. The molecule has 1 aromatic carbocycles. The Labute approximate surface area is 99.7 Å². The lowest BCUT2D eigenvalue weighted by molar-refractivity contribution is 1.30. The summed E-state index contributed by atoms with van der Waals surface area (Å²) in [6.45, 7) is 1.96. The molecule has 3 N–H and O–H groups in total. The zero-order valence-electron chi connectivity index (χ0n) is 9.44. The molecule has 2 rings (SSSR count). The minimum Gasteiger partial charge on any atom is -0.396 e. The molecule has 2 aromatic rings. The van der Waals surface area contributed by atoms with Gasteiger partial charge in [-0.2, -0.15) is 5.26 Å². The molecule has 0 bridgehead atoms. The van der Waals surface area contributed by atoms with Crippen LogP contribution in [0, 0.1) is 18.3 Å². The van der Waals surface area contributed by atoms with Crippen LogP contribution in [0.4, 0.5) is 17.2 Å². The third-order valence-corrected chi connectivity index (χ3v) is 2.46. The van der Waals surface area contributed by atoms with Crippen LogP contribution >= 0.6 is 0 Å². The van der Waals surface area contributed by atoms with Crippen molar-refractivity contribution in [3.8, 4) is 6.07 Å². The molecular weight excluding hydrogens is 212 g/mol. The first kappa shape index (κ1) is 11.0. The van der Waals surface area contributed by atoms with E-state index in [1.807, 2.05) is 13.0 Å². The Morgan fingerprint density at radius 1 is 1.35 bits per heavy atom. The molecule has 0 saturated carbocycles. The van der Waals surface area contributed by atoms with Crippen LogP contribution < -0.4 is 11.1 Å². The number of hydrogen-bond donors (Lipinski definition) is 2. The lowest BCUT2D eigenvalue weighted by Crippen LogP contribution is -2.00. The third-order valence-electron chi connectivity index (χ3n) is 2.46. The van der Waals surface area contributed by atoms with Crippen molar-refractivity contribution in [1.29, 1.82) is 5.26 Å². The summed E-state index contributed by atoms with van der Waals surface area (Å²) in [5, 5.41) is 12.0. The van der Waals surface area contributed by atoms with Crippen LogP contribution in [0.15, 0.2) is 36.5 Å². The van der Waals surface area contributed by atoms with Gasteiger partial charge in [-0.3, -0.25) is 0 Å². The van der Waals surface area contributed by atoms with E-state index >= 15 is 0 Å². The van der Waals surface area contributed by atoms with Crippen molar-refractivity contribution in [1.82, 2.24) is 4.98 Å². The molecule has 0 unspecified atom stereocenters. The Kier molecular flexibility index (Phi) is 2.93. The van der Waals surface area contributed by atoms with E-state index in [9.17, 15) is 0 Å². The molecule has 0 aliphatic rings. The summed E-state index contributed by atoms with van der Waals surface area (Å²) in [5.41, 5.74) is 8.86. The molecule has 0 aliphatic carbocycles. The van der Waals surface area contributed by atoms with Crippen molar-refractivity contribution in [3.63, 3.8) is 0 Å². The first-order valence-corrected chi connectivity index (χ1v) is 5.19. The van der Waals surface area contributed by atoms with E-state index in [1.54, 1.807) is 30.5 Å². The van der Waals surface area contributed by atoms with E-state index in [0.717, 1.165) is 11.3 Å². The SMILES string of the molecule is Cc1ccc(C#N)cc1Nc1ncccc1N. The maximum Gasteiger partial charge on any atom is 0.153 e. The predicted octanol–water partition coefficient (Wildman–Crippen LogP) is 2.59. The third kappa shape index (κ3) is 2.34. The van der Waals surface area contributed by atoms with Gasteiger partial charge in [0.05, 0.1) is 17.3 Å². The van der Waals surface area contributed by atoms with Gasteiger partial charge in [-0.05, 0) is 36.8 Å². The van der Waals surface area contributed by atoms with Gasteiger partial charge in [0.25, 0.3) is 0 Å². The van der Waals surface area contributed by atoms with Gasteiger partial charge in [0.15, 0.2) is 5.82 Å². The van der Waals surface area contributed by atoms with E-state index in [0.29, 0.717) is 17.1 Å². The molecule has 0 fully saturated rings. The van der Waals surface area contributed by atoms with E-state index in [1.165, 1.54) is 0 Å². The second-order valence-corrected chi connectivity index (χ2v) is 3.71. The maximum atomic E-state index is 8.86. The Morgan fingerprint density at radius 2 is 2.18 bits per heavy atom. The van der Waals surface area contributed by atoms with Crippen molar-refractivity contribution in [2.45, 2.75) is 6.92 Å². The number of nitrogen functional groups attached to an aromatic ring is 1. The number of hydrogen-bond acceptors (Lipinski definition) is 4. The topological polar surface area (TPSA) is 74.7 Å². The number of aryl methyl sites for hydroxylation is 1. The highest BCUT2D eigenvalue weighted by Crippen LogP contribution is 2.23. The zero-order chi connectivity index (χ0) is 12.3. The van der Waals surface area contributed by atoms with Gasteiger partial charge < -0.3 is 11.1 Å². The number of rotatable bonds is 2. The van der Waals surface area contributed by atoms with E-state index in [4.69, 9.17) is 11.0 Å². The highest BCUT2D eigenvalue weighted by molar-refractivity contribution is 5.70. The van der Waals surface area contributed by atoms with E-state index < -0.39 is 0 Å². The fourth-order valence-corrected chi connectivity index (χ4v) is 1.48. The average molecular weight is 224 g/mol. The van der Waals surface area contributed by atoms with Crippen LogP contribution in [0.25, 0.3) is 0 Å².